The molecule has 11 nitrogen and oxygen atoms in total. The van der Waals surface area contributed by atoms with Crippen LogP contribution in [0, 0.1) is 5.41 Å². The maximum atomic E-state index is 13.6. The number of Topliss-reactive ketones (excluding diaryl/α,β-unsaturated/α-hetero) is 2. The van der Waals surface area contributed by atoms with Crippen LogP contribution in [0.25, 0.3) is 11.3 Å². The molecular weight excluding hydrogens is 566 g/mol. The number of aliphatic carboxylic acids is 1. The number of nitrogens with one attached hydrogen (secondary N) is 1. The predicted octanol–water partition coefficient (Wildman–Crippen LogP) is 4.33. The second kappa shape index (κ2) is 11.0. The SMILES string of the molecule is CC(C)(C)C(=O)n1nc(-c2ccc(C(=O)C(=O)O)n(CC(=O)c3cnsc3)c2=O)cc1NCc1ccc(Cl)s1. The number of hydrogen-bond donors (Lipinski definition) is 2. The molecule has 0 amide bonds. The fourth-order valence-corrected chi connectivity index (χ4v) is 5.12. The minimum atomic E-state index is -1.78. The highest BCUT2D eigenvalue weighted by Gasteiger charge is 2.29. The number of rotatable bonds is 9. The number of nitrogens with zero attached hydrogens (tertiary/aromatic N) is 4. The van der Waals surface area contributed by atoms with Gasteiger partial charge in [0.15, 0.2) is 5.78 Å². The normalized spacial score (nSPS) is 11.4. The quantitative estimate of drug-likeness (QED) is 0.215. The number of aromatic nitrogens is 4. The summed E-state index contributed by atoms with van der Waals surface area (Å²) in [5.41, 5.74) is -1.82. The maximum Gasteiger partial charge on any atom is 0.378 e. The molecule has 4 heterocycles. The van der Waals surface area contributed by atoms with E-state index in [1.54, 1.807) is 26.8 Å². The average molecular weight is 588 g/mol. The van der Waals surface area contributed by atoms with Crippen LogP contribution < -0.4 is 10.9 Å². The van der Waals surface area contributed by atoms with E-state index in [4.69, 9.17) is 11.6 Å². The lowest BCUT2D eigenvalue weighted by Crippen LogP contribution is -2.32. The Hall–Kier alpha value is -3.94. The molecule has 0 aliphatic carbocycles. The largest absolute Gasteiger partial charge is 0.475 e. The summed E-state index contributed by atoms with van der Waals surface area (Å²) >= 11 is 8.42. The number of anilines is 1. The van der Waals surface area contributed by atoms with Crippen LogP contribution in [-0.4, -0.2) is 47.3 Å². The third-order valence-electron chi connectivity index (χ3n) is 5.55. The second-order valence-electron chi connectivity index (χ2n) is 9.44. The first kappa shape index (κ1) is 28.1. The Morgan fingerprint density at radius 2 is 1.87 bits per heavy atom. The molecule has 0 bridgehead atoms. The summed E-state index contributed by atoms with van der Waals surface area (Å²) in [5, 5.41) is 18.3. The van der Waals surface area contributed by atoms with Crippen LogP contribution in [0.2, 0.25) is 4.34 Å². The number of thiophene rings is 1. The van der Waals surface area contributed by atoms with Gasteiger partial charge >= 0.3 is 5.97 Å². The molecular formula is C25H22ClN5O6S2. The Morgan fingerprint density at radius 3 is 2.46 bits per heavy atom. The fourth-order valence-electron chi connectivity index (χ4n) is 3.55. The Labute approximate surface area is 234 Å². The molecule has 4 rings (SSSR count). The minimum Gasteiger partial charge on any atom is -0.475 e. The van der Waals surface area contributed by atoms with Crippen LogP contribution in [0.3, 0.4) is 0 Å². The third kappa shape index (κ3) is 6.05. The molecule has 4 aromatic rings. The highest BCUT2D eigenvalue weighted by Crippen LogP contribution is 2.27. The second-order valence-corrected chi connectivity index (χ2v) is 11.9. The standard InChI is InChI=1S/C25H22ClN5O6S2/c1-25(2,3)24(37)31-20(27-10-14-4-7-19(26)39-14)8-16(29-31)15-5-6-17(21(33)23(35)36)30(22(15)34)11-18(32)13-9-28-38-12-13/h4-9,12,27H,10-11H2,1-3H3,(H,35,36). The molecule has 0 saturated carbocycles. The lowest BCUT2D eigenvalue weighted by Gasteiger charge is -2.18. The first-order valence-electron chi connectivity index (χ1n) is 11.4. The molecule has 0 saturated heterocycles. The first-order chi connectivity index (χ1) is 18.4. The van der Waals surface area contributed by atoms with E-state index < -0.39 is 40.7 Å². The van der Waals surface area contributed by atoms with E-state index in [1.165, 1.54) is 35.0 Å². The van der Waals surface area contributed by atoms with Crippen molar-refractivity contribution < 1.29 is 24.3 Å². The Bertz CT molecular complexity index is 1650. The number of halogens is 1. The van der Waals surface area contributed by atoms with E-state index in [2.05, 4.69) is 14.8 Å². The topological polar surface area (TPSA) is 153 Å². The summed E-state index contributed by atoms with van der Waals surface area (Å²) in [6, 6.07) is 7.50. The fraction of sp³-hybridized carbons (Fsp3) is 0.240. The van der Waals surface area contributed by atoms with Crippen LogP contribution >= 0.6 is 34.5 Å². The van der Waals surface area contributed by atoms with Gasteiger partial charge in [-0.15, -0.1) is 11.3 Å². The molecule has 202 valence electrons. The Balaban J connectivity index is 1.80. The number of hydrogen-bond acceptors (Lipinski definition) is 10. The zero-order valence-electron chi connectivity index (χ0n) is 20.9. The van der Waals surface area contributed by atoms with Crippen molar-refractivity contribution in [3.8, 4) is 11.3 Å². The predicted molar refractivity (Wildman–Crippen MR) is 147 cm³/mol. The Kier molecular flexibility index (Phi) is 7.95. The number of pyridine rings is 1. The minimum absolute atomic E-state index is 0.0316. The van der Waals surface area contributed by atoms with Gasteiger partial charge in [-0.2, -0.15) is 9.78 Å². The van der Waals surface area contributed by atoms with Gasteiger partial charge in [-0.05, 0) is 35.8 Å². The highest BCUT2D eigenvalue weighted by molar-refractivity contribution is 7.16. The van der Waals surface area contributed by atoms with E-state index >= 15 is 0 Å². The van der Waals surface area contributed by atoms with Gasteiger partial charge in [-0.1, -0.05) is 32.4 Å². The molecule has 0 atom stereocenters. The van der Waals surface area contributed by atoms with Gasteiger partial charge in [0.2, 0.25) is 0 Å². The van der Waals surface area contributed by atoms with E-state index in [-0.39, 0.29) is 22.7 Å². The van der Waals surface area contributed by atoms with Crippen LogP contribution in [-0.2, 0) is 17.9 Å². The van der Waals surface area contributed by atoms with Crippen molar-refractivity contribution in [3.05, 3.63) is 72.7 Å². The third-order valence-corrected chi connectivity index (χ3v) is 7.37. The molecule has 39 heavy (non-hydrogen) atoms. The van der Waals surface area contributed by atoms with Gasteiger partial charge < -0.3 is 10.4 Å². The van der Waals surface area contributed by atoms with Crippen molar-refractivity contribution in [2.75, 3.05) is 5.32 Å². The summed E-state index contributed by atoms with van der Waals surface area (Å²) in [6.07, 6.45) is 1.32. The van der Waals surface area contributed by atoms with Crippen LogP contribution in [0.5, 0.6) is 0 Å². The van der Waals surface area contributed by atoms with Gasteiger partial charge in [0.25, 0.3) is 17.2 Å². The van der Waals surface area contributed by atoms with E-state index in [0.29, 0.717) is 16.7 Å². The summed E-state index contributed by atoms with van der Waals surface area (Å²) < 4.78 is 6.43. The van der Waals surface area contributed by atoms with E-state index in [1.807, 2.05) is 6.07 Å². The zero-order chi connectivity index (χ0) is 28.5. The number of carbonyl (C=O) groups excluding carboxylic acids is 3. The number of carboxylic acid groups (broad SMARTS) is 1. The number of carbonyl (C=O) groups is 4. The molecule has 0 radical (unpaired) electrons. The summed E-state index contributed by atoms with van der Waals surface area (Å²) in [4.78, 5) is 64.2. The van der Waals surface area contributed by atoms with Gasteiger partial charge in [-0.25, -0.2) is 9.17 Å². The smallest absolute Gasteiger partial charge is 0.378 e. The summed E-state index contributed by atoms with van der Waals surface area (Å²) in [6.45, 7) is 4.92. The molecule has 0 aromatic carbocycles. The van der Waals surface area contributed by atoms with Gasteiger partial charge in [0, 0.05) is 21.7 Å². The first-order valence-corrected chi connectivity index (χ1v) is 13.5. The average Bonchev–Trinajstić information content (AvgIpc) is 3.63. The maximum absolute atomic E-state index is 13.6. The molecule has 0 aliphatic heterocycles. The van der Waals surface area contributed by atoms with Crippen molar-refractivity contribution in [3.63, 3.8) is 0 Å². The van der Waals surface area contributed by atoms with Gasteiger partial charge in [0.05, 0.1) is 40.4 Å². The van der Waals surface area contributed by atoms with E-state index in [9.17, 15) is 29.1 Å². The summed E-state index contributed by atoms with van der Waals surface area (Å²) in [5.74, 6) is -3.70. The lowest BCUT2D eigenvalue weighted by molar-refractivity contribution is -0.131. The molecule has 2 N–H and O–H groups in total. The zero-order valence-corrected chi connectivity index (χ0v) is 23.3. The van der Waals surface area contributed by atoms with Crippen LogP contribution in [0.1, 0.15) is 51.3 Å². The number of ketones is 2. The van der Waals surface area contributed by atoms with E-state index in [0.717, 1.165) is 31.7 Å². The monoisotopic (exact) mass is 587 g/mol. The molecule has 0 spiro atoms. The number of carboxylic acids is 1. The van der Waals surface area contributed by atoms with Crippen molar-refractivity contribution >= 4 is 63.7 Å². The van der Waals surface area contributed by atoms with Crippen LogP contribution in [0.4, 0.5) is 5.82 Å². The molecule has 0 aliphatic rings. The van der Waals surface area contributed by atoms with Gasteiger partial charge in [-0.3, -0.25) is 23.7 Å². The van der Waals surface area contributed by atoms with Gasteiger partial charge in [0.1, 0.15) is 11.5 Å². The van der Waals surface area contributed by atoms with Crippen molar-refractivity contribution in [1.29, 1.82) is 0 Å². The highest BCUT2D eigenvalue weighted by atomic mass is 35.5. The van der Waals surface area contributed by atoms with Crippen LogP contribution in [0.15, 0.2) is 46.7 Å². The van der Waals surface area contributed by atoms with Crippen molar-refractivity contribution in [1.82, 2.24) is 18.7 Å². The summed E-state index contributed by atoms with van der Waals surface area (Å²) in [7, 11) is 0. The molecule has 0 fully saturated rings. The molecule has 4 aromatic heterocycles. The van der Waals surface area contributed by atoms with Crippen molar-refractivity contribution in [2.45, 2.75) is 33.9 Å². The molecule has 0 unspecified atom stereocenters. The lowest BCUT2D eigenvalue weighted by atomic mass is 9.96. The Morgan fingerprint density at radius 1 is 1.13 bits per heavy atom. The van der Waals surface area contributed by atoms with Crippen molar-refractivity contribution in [2.24, 2.45) is 5.41 Å². The molecule has 14 heteroatoms.